The summed E-state index contributed by atoms with van der Waals surface area (Å²) in [4.78, 5) is 2.14. The Morgan fingerprint density at radius 2 is 2.04 bits per heavy atom. The third kappa shape index (κ3) is 4.85. The Morgan fingerprint density at radius 1 is 1.28 bits per heavy atom. The zero-order chi connectivity index (χ0) is 17.6. The monoisotopic (exact) mass is 377 g/mol. The van der Waals surface area contributed by atoms with Crippen LogP contribution in [0.15, 0.2) is 58.3 Å². The number of para-hydroxylation sites is 2. The first-order valence-electron chi connectivity index (χ1n) is 8.25. The van der Waals surface area contributed by atoms with Gasteiger partial charge in [-0.15, -0.1) is 23.5 Å². The molecule has 1 aliphatic rings. The Morgan fingerprint density at radius 3 is 2.88 bits per heavy atom. The summed E-state index contributed by atoms with van der Waals surface area (Å²) in [6.07, 6.45) is -0.233. The summed E-state index contributed by atoms with van der Waals surface area (Å²) in [6, 6.07) is 15.8. The van der Waals surface area contributed by atoms with Crippen molar-refractivity contribution in [3.8, 4) is 11.5 Å². The van der Waals surface area contributed by atoms with Crippen molar-refractivity contribution >= 4 is 23.5 Å². The molecule has 0 spiro atoms. The zero-order valence-corrected chi connectivity index (χ0v) is 15.8. The van der Waals surface area contributed by atoms with Crippen LogP contribution in [0.2, 0.25) is 0 Å². The fraction of sp³-hybridized carbons (Fsp3) is 0.368. The lowest BCUT2D eigenvalue weighted by atomic mass is 10.0. The number of thioether (sulfide) groups is 2. The summed E-state index contributed by atoms with van der Waals surface area (Å²) in [5.74, 6) is 3.21. The van der Waals surface area contributed by atoms with Gasteiger partial charge in [-0.1, -0.05) is 24.3 Å². The summed E-state index contributed by atoms with van der Waals surface area (Å²) >= 11 is 3.34. The first-order chi connectivity index (χ1) is 12.2. The molecular weight excluding hydrogens is 354 g/mol. The van der Waals surface area contributed by atoms with E-state index in [1.807, 2.05) is 48.5 Å². The molecule has 0 amide bonds. The number of hydrogen-bond donors (Lipinski definition) is 2. The molecule has 3 atom stereocenters. The minimum absolute atomic E-state index is 0.102. The van der Waals surface area contributed by atoms with E-state index in [0.717, 1.165) is 27.0 Å². The maximum atomic E-state index is 10.5. The fourth-order valence-corrected chi connectivity index (χ4v) is 4.87. The molecule has 3 N–H and O–H groups in total. The van der Waals surface area contributed by atoms with Gasteiger partial charge in [0.1, 0.15) is 11.5 Å². The van der Waals surface area contributed by atoms with Crippen molar-refractivity contribution in [2.75, 3.05) is 18.6 Å². The summed E-state index contributed by atoms with van der Waals surface area (Å²) in [6.45, 7) is 0. The van der Waals surface area contributed by atoms with E-state index >= 15 is 0 Å². The number of aliphatic hydroxyl groups excluding tert-OH is 1. The minimum atomic E-state index is -0.448. The van der Waals surface area contributed by atoms with E-state index in [1.54, 1.807) is 30.6 Å². The molecular formula is C19H23NO3S2. The van der Waals surface area contributed by atoms with Crippen molar-refractivity contribution in [2.24, 2.45) is 11.7 Å². The molecule has 4 nitrogen and oxygen atoms in total. The number of fused-ring (bicyclic) bond motifs is 1. The van der Waals surface area contributed by atoms with Crippen LogP contribution in [0.25, 0.3) is 0 Å². The van der Waals surface area contributed by atoms with Gasteiger partial charge in [-0.2, -0.15) is 0 Å². The van der Waals surface area contributed by atoms with Gasteiger partial charge in [-0.3, -0.25) is 5.73 Å². The molecule has 0 fully saturated rings. The first kappa shape index (κ1) is 18.5. The second-order valence-corrected chi connectivity index (χ2v) is 8.08. The molecule has 0 bridgehead atoms. The van der Waals surface area contributed by atoms with Crippen LogP contribution in [-0.2, 0) is 0 Å². The summed E-state index contributed by atoms with van der Waals surface area (Å²) in [5, 5.41) is 10.5. The third-order valence-corrected chi connectivity index (χ3v) is 6.55. The molecule has 25 heavy (non-hydrogen) atoms. The molecule has 0 saturated carbocycles. The highest BCUT2D eigenvalue weighted by Crippen LogP contribution is 2.37. The van der Waals surface area contributed by atoms with Gasteiger partial charge in [-0.05, 0) is 30.7 Å². The van der Waals surface area contributed by atoms with E-state index in [2.05, 4.69) is 0 Å². The van der Waals surface area contributed by atoms with Crippen LogP contribution in [0, 0.1) is 5.92 Å². The lowest BCUT2D eigenvalue weighted by molar-refractivity contribution is 0.100. The molecule has 0 aromatic heterocycles. The van der Waals surface area contributed by atoms with Crippen LogP contribution < -0.4 is 15.2 Å². The summed E-state index contributed by atoms with van der Waals surface area (Å²) in [5.41, 5.74) is 6.22. The number of ether oxygens (including phenoxy) is 2. The summed E-state index contributed by atoms with van der Waals surface area (Å²) < 4.78 is 11.2. The number of nitrogens with two attached hydrogens (primary N) is 1. The molecule has 2 aromatic rings. The van der Waals surface area contributed by atoms with Gasteiger partial charge in [-0.25, -0.2) is 0 Å². The number of hydrogen-bond acceptors (Lipinski definition) is 6. The van der Waals surface area contributed by atoms with Gasteiger partial charge >= 0.3 is 0 Å². The number of aliphatic hydroxyl groups is 1. The van der Waals surface area contributed by atoms with Crippen LogP contribution in [0.1, 0.15) is 6.42 Å². The molecule has 0 aliphatic carbocycles. The number of benzene rings is 2. The largest absolute Gasteiger partial charge is 0.496 e. The van der Waals surface area contributed by atoms with Crippen molar-refractivity contribution in [1.29, 1.82) is 0 Å². The average molecular weight is 378 g/mol. The highest BCUT2D eigenvalue weighted by atomic mass is 32.2. The Bertz CT molecular complexity index is 698. The van der Waals surface area contributed by atoms with Crippen molar-refractivity contribution in [2.45, 2.75) is 28.5 Å². The van der Waals surface area contributed by atoms with Crippen molar-refractivity contribution in [3.63, 3.8) is 0 Å². The van der Waals surface area contributed by atoms with E-state index in [0.29, 0.717) is 12.2 Å². The number of rotatable bonds is 6. The first-order valence-corrected chi connectivity index (χ1v) is 10.2. The minimum Gasteiger partial charge on any atom is -0.496 e. The fourth-order valence-electron chi connectivity index (χ4n) is 2.74. The standard InChI is InChI=1S/C19H23NO3S2/c1-22-15-6-2-4-8-17(15)25-12-14(21)10-13-11-24-18-9-5-3-7-16(18)23-19(13)20/h2-9,13-14,19,21H,10-12,20H2,1H3/t13-,14+,19?/m0/s1. The Hall–Kier alpha value is -1.34. The van der Waals surface area contributed by atoms with Crippen molar-refractivity contribution < 1.29 is 14.6 Å². The lowest BCUT2D eigenvalue weighted by Gasteiger charge is -2.23. The van der Waals surface area contributed by atoms with Crippen molar-refractivity contribution in [1.82, 2.24) is 0 Å². The van der Waals surface area contributed by atoms with Crippen LogP contribution in [0.3, 0.4) is 0 Å². The Labute approximate surface area is 157 Å². The summed E-state index contributed by atoms with van der Waals surface area (Å²) in [7, 11) is 1.66. The van der Waals surface area contributed by atoms with Crippen LogP contribution in [0.5, 0.6) is 11.5 Å². The molecule has 1 aliphatic heterocycles. The normalized spacial score (nSPS) is 20.9. The lowest BCUT2D eigenvalue weighted by Crippen LogP contribution is -2.38. The molecule has 1 unspecified atom stereocenters. The zero-order valence-electron chi connectivity index (χ0n) is 14.1. The molecule has 2 aromatic carbocycles. The smallest absolute Gasteiger partial charge is 0.151 e. The second-order valence-electron chi connectivity index (χ2n) is 5.95. The van der Waals surface area contributed by atoms with Crippen LogP contribution in [0.4, 0.5) is 0 Å². The average Bonchev–Trinajstić information content (AvgIpc) is 2.79. The molecule has 0 radical (unpaired) electrons. The Kier molecular flexibility index (Phi) is 6.53. The second kappa shape index (κ2) is 8.85. The van der Waals surface area contributed by atoms with Gasteiger partial charge < -0.3 is 14.6 Å². The molecule has 0 saturated heterocycles. The van der Waals surface area contributed by atoms with Gasteiger partial charge in [0.05, 0.1) is 13.2 Å². The van der Waals surface area contributed by atoms with E-state index < -0.39 is 12.3 Å². The highest BCUT2D eigenvalue weighted by molar-refractivity contribution is 7.99. The maximum absolute atomic E-state index is 10.5. The predicted octanol–water partition coefficient (Wildman–Crippen LogP) is 3.62. The highest BCUT2D eigenvalue weighted by Gasteiger charge is 2.27. The van der Waals surface area contributed by atoms with Gasteiger partial charge in [0, 0.05) is 27.2 Å². The number of methoxy groups -OCH3 is 1. The van der Waals surface area contributed by atoms with Crippen LogP contribution >= 0.6 is 23.5 Å². The predicted molar refractivity (Wildman–Crippen MR) is 104 cm³/mol. The van der Waals surface area contributed by atoms with E-state index in [-0.39, 0.29) is 5.92 Å². The van der Waals surface area contributed by atoms with E-state index in [4.69, 9.17) is 15.2 Å². The molecule has 6 heteroatoms. The topological polar surface area (TPSA) is 64.7 Å². The Balaban J connectivity index is 1.55. The quantitative estimate of drug-likeness (QED) is 0.750. The van der Waals surface area contributed by atoms with Gasteiger partial charge in [0.25, 0.3) is 0 Å². The molecule has 1 heterocycles. The maximum Gasteiger partial charge on any atom is 0.151 e. The van der Waals surface area contributed by atoms with Gasteiger partial charge in [0.2, 0.25) is 0 Å². The van der Waals surface area contributed by atoms with Crippen molar-refractivity contribution in [3.05, 3.63) is 48.5 Å². The van der Waals surface area contributed by atoms with Gasteiger partial charge in [0.15, 0.2) is 6.23 Å². The third-order valence-electron chi connectivity index (χ3n) is 4.10. The van der Waals surface area contributed by atoms with E-state index in [9.17, 15) is 5.11 Å². The molecule has 3 rings (SSSR count). The SMILES string of the molecule is COc1ccccc1SC[C@H](O)C[C@H]1CSc2ccccc2OC1N. The molecule has 134 valence electrons. The van der Waals surface area contributed by atoms with E-state index in [1.165, 1.54) is 0 Å². The van der Waals surface area contributed by atoms with Crippen LogP contribution in [-0.4, -0.2) is 36.1 Å².